The van der Waals surface area contributed by atoms with E-state index in [4.69, 9.17) is 5.73 Å². The summed E-state index contributed by atoms with van der Waals surface area (Å²) in [5, 5.41) is 0. The van der Waals surface area contributed by atoms with Crippen LogP contribution >= 0.6 is 0 Å². The van der Waals surface area contributed by atoms with Gasteiger partial charge in [-0.05, 0) is 42.9 Å². The van der Waals surface area contributed by atoms with Crippen LogP contribution in [0.15, 0.2) is 18.2 Å². The van der Waals surface area contributed by atoms with E-state index in [-0.39, 0.29) is 5.82 Å². The average Bonchev–Trinajstić information content (AvgIpc) is 3.08. The van der Waals surface area contributed by atoms with Crippen molar-refractivity contribution in [2.75, 3.05) is 5.73 Å². The molecule has 17 heavy (non-hydrogen) atoms. The first-order chi connectivity index (χ1) is 8.15. The summed E-state index contributed by atoms with van der Waals surface area (Å²) in [6.07, 6.45) is 2.62. The van der Waals surface area contributed by atoms with E-state index in [2.05, 4.69) is 11.9 Å². The highest BCUT2D eigenvalue weighted by Gasteiger charge is 2.28. The minimum absolute atomic E-state index is 0.238. The molecule has 1 aliphatic rings. The minimum Gasteiger partial charge on any atom is -0.369 e. The zero-order chi connectivity index (χ0) is 12.0. The van der Waals surface area contributed by atoms with Crippen molar-refractivity contribution in [3.05, 3.63) is 24.0 Å². The molecular formula is C13H16FN3. The summed E-state index contributed by atoms with van der Waals surface area (Å²) in [5.41, 5.74) is 7.47. The summed E-state index contributed by atoms with van der Waals surface area (Å²) in [5.74, 6) is 1.63. The maximum absolute atomic E-state index is 13.3. The molecule has 1 saturated carbocycles. The summed E-state index contributed by atoms with van der Waals surface area (Å²) in [6.45, 7) is 3.05. The Labute approximate surface area is 99.4 Å². The van der Waals surface area contributed by atoms with E-state index in [1.54, 1.807) is 6.07 Å². The van der Waals surface area contributed by atoms with E-state index < -0.39 is 0 Å². The Kier molecular flexibility index (Phi) is 2.31. The lowest BCUT2D eigenvalue weighted by Gasteiger charge is -2.12. The third-order valence-corrected chi connectivity index (χ3v) is 3.64. The molecule has 1 heterocycles. The molecule has 0 spiro atoms. The predicted octanol–water partition coefficient (Wildman–Crippen LogP) is 2.80. The molecule has 1 fully saturated rings. The number of fused-ring (bicyclic) bond motifs is 1. The highest BCUT2D eigenvalue weighted by Crippen LogP contribution is 2.38. The monoisotopic (exact) mass is 233 g/mol. The maximum Gasteiger partial charge on any atom is 0.201 e. The van der Waals surface area contributed by atoms with Crippen molar-refractivity contribution in [1.29, 1.82) is 0 Å². The normalized spacial score (nSPS) is 17.5. The smallest absolute Gasteiger partial charge is 0.201 e. The van der Waals surface area contributed by atoms with Crippen molar-refractivity contribution in [2.45, 2.75) is 26.3 Å². The van der Waals surface area contributed by atoms with Crippen LogP contribution in [-0.2, 0) is 6.54 Å². The second-order valence-electron chi connectivity index (χ2n) is 5.03. The number of nitrogen functional groups attached to an aromatic ring is 1. The quantitative estimate of drug-likeness (QED) is 0.885. The molecule has 2 aromatic rings. The van der Waals surface area contributed by atoms with E-state index in [9.17, 15) is 4.39 Å². The highest BCUT2D eigenvalue weighted by molar-refractivity contribution is 5.78. The Balaban J connectivity index is 2.01. The average molecular weight is 233 g/mol. The van der Waals surface area contributed by atoms with Crippen LogP contribution in [0.4, 0.5) is 10.3 Å². The molecule has 3 rings (SSSR count). The fourth-order valence-corrected chi connectivity index (χ4v) is 2.41. The van der Waals surface area contributed by atoms with Gasteiger partial charge in [-0.15, -0.1) is 0 Å². The molecule has 3 nitrogen and oxygen atoms in total. The minimum atomic E-state index is -0.238. The maximum atomic E-state index is 13.3. The van der Waals surface area contributed by atoms with Gasteiger partial charge >= 0.3 is 0 Å². The molecule has 1 aliphatic carbocycles. The van der Waals surface area contributed by atoms with Crippen molar-refractivity contribution < 1.29 is 4.39 Å². The Morgan fingerprint density at radius 3 is 3.00 bits per heavy atom. The fraction of sp³-hybridized carbons (Fsp3) is 0.462. The molecule has 0 saturated heterocycles. The first-order valence-electron chi connectivity index (χ1n) is 6.06. The number of hydrogen-bond acceptors (Lipinski definition) is 2. The highest BCUT2D eigenvalue weighted by atomic mass is 19.1. The molecular weight excluding hydrogens is 217 g/mol. The molecule has 90 valence electrons. The Morgan fingerprint density at radius 2 is 2.29 bits per heavy atom. The largest absolute Gasteiger partial charge is 0.369 e. The summed E-state index contributed by atoms with van der Waals surface area (Å²) in [4.78, 5) is 4.26. The molecule has 0 radical (unpaired) electrons. The second-order valence-corrected chi connectivity index (χ2v) is 5.03. The Morgan fingerprint density at radius 1 is 1.53 bits per heavy atom. The standard InChI is InChI=1S/C13H16FN3/c1-8(9-2-3-9)7-17-12-6-10(14)4-5-11(12)16-13(17)15/h4-6,8-9H,2-3,7H2,1H3,(H2,15,16). The van der Waals surface area contributed by atoms with E-state index in [1.807, 2.05) is 4.57 Å². The molecule has 0 amide bonds. The van der Waals surface area contributed by atoms with E-state index in [1.165, 1.54) is 25.0 Å². The molecule has 0 bridgehead atoms. The molecule has 2 N–H and O–H groups in total. The summed E-state index contributed by atoms with van der Waals surface area (Å²) >= 11 is 0. The van der Waals surface area contributed by atoms with Gasteiger partial charge in [0.15, 0.2) is 0 Å². The van der Waals surface area contributed by atoms with Crippen molar-refractivity contribution >= 4 is 17.0 Å². The van der Waals surface area contributed by atoms with Gasteiger partial charge in [-0.25, -0.2) is 9.37 Å². The van der Waals surface area contributed by atoms with Crippen LogP contribution in [0, 0.1) is 17.7 Å². The Bertz CT molecular complexity index is 557. The molecule has 1 atom stereocenters. The number of nitrogens with two attached hydrogens (primary N) is 1. The molecule has 1 unspecified atom stereocenters. The summed E-state index contributed by atoms with van der Waals surface area (Å²) in [7, 11) is 0. The molecule has 1 aromatic heterocycles. The number of imidazole rings is 1. The number of halogens is 1. The topological polar surface area (TPSA) is 43.8 Å². The van der Waals surface area contributed by atoms with Gasteiger partial charge in [0.25, 0.3) is 0 Å². The van der Waals surface area contributed by atoms with Crippen LogP contribution in [0.3, 0.4) is 0 Å². The van der Waals surface area contributed by atoms with Crippen LogP contribution in [0.25, 0.3) is 11.0 Å². The van der Waals surface area contributed by atoms with Crippen LogP contribution in [0.5, 0.6) is 0 Å². The number of hydrogen-bond donors (Lipinski definition) is 1. The number of anilines is 1. The zero-order valence-electron chi connectivity index (χ0n) is 9.86. The Hall–Kier alpha value is -1.58. The van der Waals surface area contributed by atoms with E-state index >= 15 is 0 Å². The van der Waals surface area contributed by atoms with Crippen molar-refractivity contribution in [1.82, 2.24) is 9.55 Å². The van der Waals surface area contributed by atoms with Gasteiger partial charge in [0.05, 0.1) is 11.0 Å². The number of nitrogens with zero attached hydrogens (tertiary/aromatic N) is 2. The lowest BCUT2D eigenvalue weighted by atomic mass is 10.1. The molecule has 0 aliphatic heterocycles. The molecule has 1 aromatic carbocycles. The van der Waals surface area contributed by atoms with Gasteiger partial charge in [-0.2, -0.15) is 0 Å². The summed E-state index contributed by atoms with van der Waals surface area (Å²) < 4.78 is 15.2. The first-order valence-corrected chi connectivity index (χ1v) is 6.06. The van der Waals surface area contributed by atoms with E-state index in [0.717, 1.165) is 23.5 Å². The fourth-order valence-electron chi connectivity index (χ4n) is 2.41. The van der Waals surface area contributed by atoms with Crippen molar-refractivity contribution in [3.8, 4) is 0 Å². The lowest BCUT2D eigenvalue weighted by molar-refractivity contribution is 0.439. The first kappa shape index (κ1) is 10.6. The lowest BCUT2D eigenvalue weighted by Crippen LogP contribution is -2.11. The molecule has 4 heteroatoms. The SMILES string of the molecule is CC(Cn1c(N)nc2ccc(F)cc21)C1CC1. The number of rotatable bonds is 3. The zero-order valence-corrected chi connectivity index (χ0v) is 9.86. The van der Waals surface area contributed by atoms with Gasteiger partial charge in [0.2, 0.25) is 5.95 Å². The van der Waals surface area contributed by atoms with Gasteiger partial charge in [-0.3, -0.25) is 0 Å². The van der Waals surface area contributed by atoms with Crippen LogP contribution in [0.2, 0.25) is 0 Å². The third kappa shape index (κ3) is 1.88. The van der Waals surface area contributed by atoms with Gasteiger partial charge in [-0.1, -0.05) is 6.92 Å². The van der Waals surface area contributed by atoms with Crippen LogP contribution in [-0.4, -0.2) is 9.55 Å². The predicted molar refractivity (Wildman–Crippen MR) is 66.0 cm³/mol. The van der Waals surface area contributed by atoms with Crippen LogP contribution in [0.1, 0.15) is 19.8 Å². The van der Waals surface area contributed by atoms with Crippen molar-refractivity contribution in [3.63, 3.8) is 0 Å². The number of benzene rings is 1. The van der Waals surface area contributed by atoms with Gasteiger partial charge in [0, 0.05) is 6.54 Å². The van der Waals surface area contributed by atoms with Crippen molar-refractivity contribution in [2.24, 2.45) is 11.8 Å². The summed E-state index contributed by atoms with van der Waals surface area (Å²) in [6, 6.07) is 4.61. The van der Waals surface area contributed by atoms with Gasteiger partial charge in [0.1, 0.15) is 5.82 Å². The second kappa shape index (κ2) is 3.72. The van der Waals surface area contributed by atoms with Crippen LogP contribution < -0.4 is 5.73 Å². The van der Waals surface area contributed by atoms with E-state index in [0.29, 0.717) is 11.9 Å². The third-order valence-electron chi connectivity index (χ3n) is 3.64. The number of aromatic nitrogens is 2. The van der Waals surface area contributed by atoms with Gasteiger partial charge < -0.3 is 10.3 Å².